The smallest absolute Gasteiger partial charge is 0.259 e. The quantitative estimate of drug-likeness (QED) is 0.509. The molecule has 1 N–H and O–H groups in total. The van der Waals surface area contributed by atoms with Crippen LogP contribution in [0.1, 0.15) is 35.1 Å². The van der Waals surface area contributed by atoms with E-state index < -0.39 is 0 Å². The summed E-state index contributed by atoms with van der Waals surface area (Å²) in [6.45, 7) is 6.88. The number of carbonyl (C=O) groups is 1. The second-order valence-electron chi connectivity index (χ2n) is 7.90. The van der Waals surface area contributed by atoms with Crippen molar-refractivity contribution in [1.29, 1.82) is 0 Å². The van der Waals surface area contributed by atoms with E-state index in [1.807, 2.05) is 63.2 Å². The number of anilines is 2. The van der Waals surface area contributed by atoms with Crippen molar-refractivity contribution >= 4 is 34.1 Å². The zero-order valence-corrected chi connectivity index (χ0v) is 18.9. The maximum absolute atomic E-state index is 13.4. The van der Waals surface area contributed by atoms with E-state index in [1.165, 1.54) is 0 Å². The highest BCUT2D eigenvalue weighted by Gasteiger charge is 2.21. The summed E-state index contributed by atoms with van der Waals surface area (Å²) in [6, 6.07) is 9.59. The highest BCUT2D eigenvalue weighted by Crippen LogP contribution is 2.30. The van der Waals surface area contributed by atoms with Crippen molar-refractivity contribution in [3.63, 3.8) is 0 Å². The molecule has 1 amide bonds. The predicted molar refractivity (Wildman–Crippen MR) is 124 cm³/mol. The first kappa shape index (κ1) is 20.7. The average molecular weight is 421 g/mol. The number of amides is 1. The summed E-state index contributed by atoms with van der Waals surface area (Å²) >= 11 is 0. The molecule has 4 aromatic rings. The molecule has 0 saturated heterocycles. The van der Waals surface area contributed by atoms with Crippen LogP contribution in [-0.2, 0) is 6.54 Å². The van der Waals surface area contributed by atoms with Crippen molar-refractivity contribution in [3.05, 3.63) is 47.3 Å². The van der Waals surface area contributed by atoms with E-state index in [4.69, 9.17) is 4.74 Å². The molecule has 0 spiro atoms. The lowest BCUT2D eigenvalue weighted by Crippen LogP contribution is -2.18. The molecule has 31 heavy (non-hydrogen) atoms. The molecule has 0 bridgehead atoms. The third-order valence-electron chi connectivity index (χ3n) is 5.44. The Morgan fingerprint density at radius 3 is 2.65 bits per heavy atom. The number of rotatable bonds is 6. The highest BCUT2D eigenvalue weighted by molar-refractivity contribution is 6.14. The Hall–Kier alpha value is -3.55. The van der Waals surface area contributed by atoms with Crippen LogP contribution >= 0.6 is 0 Å². The molecule has 4 rings (SSSR count). The first-order valence-electron chi connectivity index (χ1n) is 10.4. The number of aryl methyl sites for hydroxylation is 2. The summed E-state index contributed by atoms with van der Waals surface area (Å²) in [4.78, 5) is 20.0. The number of hydrogen-bond donors (Lipinski definition) is 1. The number of ether oxygens (including phenoxy) is 1. The minimum atomic E-state index is -0.191. The average Bonchev–Trinajstić information content (AvgIpc) is 3.23. The topological polar surface area (TPSA) is 76.7 Å². The number of nitrogens with zero attached hydrogens (tertiary/aromatic N) is 5. The minimum Gasteiger partial charge on any atom is -0.497 e. The number of aromatic nitrogens is 4. The second-order valence-corrected chi connectivity index (χ2v) is 7.90. The van der Waals surface area contributed by atoms with Gasteiger partial charge in [-0.1, -0.05) is 6.92 Å². The highest BCUT2D eigenvalue weighted by atomic mass is 16.5. The van der Waals surface area contributed by atoms with Crippen molar-refractivity contribution in [2.45, 2.75) is 33.7 Å². The van der Waals surface area contributed by atoms with Gasteiger partial charge in [-0.15, -0.1) is 0 Å². The molecule has 8 nitrogen and oxygen atoms in total. The maximum atomic E-state index is 13.4. The summed E-state index contributed by atoms with van der Waals surface area (Å²) in [7, 11) is 5.50. The third kappa shape index (κ3) is 3.58. The SMILES string of the molecule is CCCn1c(C)c(C(=O)Nc2cc(N(C)C)n3nc(C)cc3n2)c2cc(OC)ccc21. The Kier molecular flexibility index (Phi) is 5.31. The predicted octanol–water partition coefficient (Wildman–Crippen LogP) is 4.04. The van der Waals surface area contributed by atoms with E-state index in [0.717, 1.165) is 46.8 Å². The Balaban J connectivity index is 1.81. The number of nitrogens with one attached hydrogen (secondary N) is 1. The van der Waals surface area contributed by atoms with E-state index in [2.05, 4.69) is 26.9 Å². The van der Waals surface area contributed by atoms with Crippen LogP contribution in [0.2, 0.25) is 0 Å². The molecule has 0 aliphatic heterocycles. The van der Waals surface area contributed by atoms with Crippen LogP contribution in [0, 0.1) is 13.8 Å². The zero-order valence-electron chi connectivity index (χ0n) is 18.9. The van der Waals surface area contributed by atoms with Gasteiger partial charge in [-0.2, -0.15) is 9.61 Å². The molecule has 3 aromatic heterocycles. The van der Waals surface area contributed by atoms with Crippen molar-refractivity contribution in [1.82, 2.24) is 19.2 Å². The van der Waals surface area contributed by atoms with Crippen LogP contribution in [0.4, 0.5) is 11.6 Å². The summed E-state index contributed by atoms with van der Waals surface area (Å²) in [6.07, 6.45) is 0.975. The van der Waals surface area contributed by atoms with Gasteiger partial charge in [0.25, 0.3) is 5.91 Å². The number of hydrogen-bond acceptors (Lipinski definition) is 5. The van der Waals surface area contributed by atoms with Crippen molar-refractivity contribution in [2.24, 2.45) is 0 Å². The molecular weight excluding hydrogens is 392 g/mol. The van der Waals surface area contributed by atoms with Crippen molar-refractivity contribution < 1.29 is 9.53 Å². The van der Waals surface area contributed by atoms with Crippen LogP contribution < -0.4 is 15.0 Å². The van der Waals surface area contributed by atoms with E-state index in [0.29, 0.717) is 17.0 Å². The molecule has 0 atom stereocenters. The molecule has 0 radical (unpaired) electrons. The lowest BCUT2D eigenvalue weighted by Gasteiger charge is -2.15. The fourth-order valence-corrected chi connectivity index (χ4v) is 4.02. The van der Waals surface area contributed by atoms with Gasteiger partial charge < -0.3 is 19.5 Å². The van der Waals surface area contributed by atoms with E-state index >= 15 is 0 Å². The Bertz CT molecular complexity index is 1280. The first-order valence-corrected chi connectivity index (χ1v) is 10.4. The molecule has 0 saturated carbocycles. The van der Waals surface area contributed by atoms with E-state index in [9.17, 15) is 4.79 Å². The van der Waals surface area contributed by atoms with Crippen LogP contribution in [0.5, 0.6) is 5.75 Å². The van der Waals surface area contributed by atoms with Crippen molar-refractivity contribution in [3.8, 4) is 5.75 Å². The van der Waals surface area contributed by atoms with E-state index in [-0.39, 0.29) is 5.91 Å². The van der Waals surface area contributed by atoms with Crippen LogP contribution in [0.3, 0.4) is 0 Å². The van der Waals surface area contributed by atoms with Gasteiger partial charge in [0.1, 0.15) is 17.4 Å². The summed E-state index contributed by atoms with van der Waals surface area (Å²) < 4.78 is 9.37. The van der Waals surface area contributed by atoms with Gasteiger partial charge in [-0.25, -0.2) is 4.98 Å². The molecule has 162 valence electrons. The normalized spacial score (nSPS) is 11.3. The van der Waals surface area contributed by atoms with Gasteiger partial charge in [-0.05, 0) is 38.5 Å². The molecule has 0 fully saturated rings. The van der Waals surface area contributed by atoms with Gasteiger partial charge in [-0.3, -0.25) is 4.79 Å². The Labute approximate surface area is 181 Å². The van der Waals surface area contributed by atoms with Gasteiger partial charge in [0.15, 0.2) is 5.65 Å². The summed E-state index contributed by atoms with van der Waals surface area (Å²) in [5.41, 5.74) is 4.14. The number of carbonyl (C=O) groups excluding carboxylic acids is 1. The standard InChI is InChI=1S/C23H28N6O2/c1-7-10-28-15(3)22(17-12-16(31-6)8-9-18(17)28)23(30)25-19-13-21(27(4)5)29-20(24-19)11-14(2)26-29/h8-9,11-13H,7,10H2,1-6H3,(H,24,25,30). The molecule has 8 heteroatoms. The molecule has 0 aliphatic carbocycles. The third-order valence-corrected chi connectivity index (χ3v) is 5.44. The van der Waals surface area contributed by atoms with E-state index in [1.54, 1.807) is 11.6 Å². The summed E-state index contributed by atoms with van der Waals surface area (Å²) in [5.74, 6) is 1.85. The molecular formula is C23H28N6O2. The minimum absolute atomic E-state index is 0.191. The van der Waals surface area contributed by atoms with Gasteiger partial charge in [0, 0.05) is 49.4 Å². The number of fused-ring (bicyclic) bond motifs is 2. The van der Waals surface area contributed by atoms with Gasteiger partial charge in [0.2, 0.25) is 0 Å². The molecule has 3 heterocycles. The Morgan fingerprint density at radius 2 is 1.97 bits per heavy atom. The molecule has 0 aliphatic rings. The lowest BCUT2D eigenvalue weighted by molar-refractivity contribution is 0.102. The number of benzene rings is 1. The van der Waals surface area contributed by atoms with Crippen LogP contribution in [0.15, 0.2) is 30.3 Å². The molecule has 0 unspecified atom stereocenters. The van der Waals surface area contributed by atoms with Crippen molar-refractivity contribution in [2.75, 3.05) is 31.4 Å². The second kappa shape index (κ2) is 7.94. The fraction of sp³-hybridized carbons (Fsp3) is 0.348. The maximum Gasteiger partial charge on any atom is 0.259 e. The van der Waals surface area contributed by atoms with Crippen LogP contribution in [-0.4, -0.2) is 46.3 Å². The van der Waals surface area contributed by atoms with Crippen LogP contribution in [0.25, 0.3) is 16.6 Å². The largest absolute Gasteiger partial charge is 0.497 e. The summed E-state index contributed by atoms with van der Waals surface area (Å²) in [5, 5.41) is 8.37. The van der Waals surface area contributed by atoms with Gasteiger partial charge in [0.05, 0.1) is 18.4 Å². The number of methoxy groups -OCH3 is 1. The molecule has 1 aromatic carbocycles. The first-order chi connectivity index (χ1) is 14.8. The fourth-order valence-electron chi connectivity index (χ4n) is 4.02. The Morgan fingerprint density at radius 1 is 1.19 bits per heavy atom. The lowest BCUT2D eigenvalue weighted by atomic mass is 10.1. The monoisotopic (exact) mass is 420 g/mol. The van der Waals surface area contributed by atoms with Gasteiger partial charge >= 0.3 is 0 Å². The zero-order chi connectivity index (χ0) is 22.3.